The molecule has 2 aliphatic rings. The lowest BCUT2D eigenvalue weighted by Crippen LogP contribution is -2.51. The second-order valence-electron chi connectivity index (χ2n) is 15.9. The predicted octanol–water partition coefficient (Wildman–Crippen LogP) is 4.34. The van der Waals surface area contributed by atoms with Gasteiger partial charge < -0.3 is 58.4 Å². The number of unbranched alkanes of at least 4 members (excludes halogenated alkanes) is 2. The number of halogens is 1. The number of morpholine rings is 1. The Balaban J connectivity index is 0.815. The van der Waals surface area contributed by atoms with Gasteiger partial charge in [0.2, 0.25) is 17.7 Å². The van der Waals surface area contributed by atoms with E-state index in [0.717, 1.165) is 73.0 Å². The fourth-order valence-corrected chi connectivity index (χ4v) is 7.72. The summed E-state index contributed by atoms with van der Waals surface area (Å²) in [6.07, 6.45) is 3.95. The van der Waals surface area contributed by atoms with Gasteiger partial charge in [0.1, 0.15) is 17.4 Å². The number of amides is 3. The highest BCUT2D eigenvalue weighted by Crippen LogP contribution is 2.35. The maximum atomic E-state index is 14.5. The Morgan fingerprint density at radius 2 is 1.56 bits per heavy atom. The van der Waals surface area contributed by atoms with Crippen molar-refractivity contribution in [1.29, 1.82) is 0 Å². The van der Waals surface area contributed by atoms with Crippen LogP contribution in [0.15, 0.2) is 40.8 Å². The van der Waals surface area contributed by atoms with Crippen LogP contribution in [0, 0.1) is 11.7 Å². The fraction of sp³-hybridized carbons (Fsp3) is 0.600. The zero-order valence-electron chi connectivity index (χ0n) is 36.5. The van der Waals surface area contributed by atoms with Crippen LogP contribution in [-0.4, -0.2) is 132 Å². The van der Waals surface area contributed by atoms with E-state index in [1.165, 1.54) is 17.3 Å². The molecule has 4 heterocycles. The molecule has 0 saturated carbocycles. The van der Waals surface area contributed by atoms with Crippen molar-refractivity contribution in [2.75, 3.05) is 109 Å². The van der Waals surface area contributed by atoms with Crippen molar-refractivity contribution in [2.24, 2.45) is 5.92 Å². The quantitative estimate of drug-likeness (QED) is 0.0765. The summed E-state index contributed by atoms with van der Waals surface area (Å²) in [5, 5.41) is 9.15. The average Bonchev–Trinajstić information content (AvgIpc) is 3.84. The molecule has 1 saturated heterocycles. The fourth-order valence-electron chi connectivity index (χ4n) is 7.72. The topological polar surface area (TPSA) is 171 Å². The van der Waals surface area contributed by atoms with Crippen LogP contribution in [0.4, 0.5) is 16.1 Å². The van der Waals surface area contributed by atoms with Gasteiger partial charge in [-0.3, -0.25) is 14.4 Å². The normalized spacial score (nSPS) is 14.7. The van der Waals surface area contributed by atoms with E-state index in [1.807, 2.05) is 26.0 Å². The van der Waals surface area contributed by atoms with Gasteiger partial charge in [-0.2, -0.15) is 4.98 Å². The molecule has 3 amide bonds. The van der Waals surface area contributed by atoms with Crippen molar-refractivity contribution in [3.63, 3.8) is 0 Å². The van der Waals surface area contributed by atoms with Crippen LogP contribution in [0.2, 0.25) is 0 Å². The standard InChI is InChI=1S/C45H64FN7O9/c1-4-5-6-7-41(54)50-43(32(2)3)44(56)48-30-42(55)47-13-18-57-22-24-60-26-27-61-25-23-59-21-17-53-38-12-14-52(31-36(38)35-10-8-33(46)28-39(35)53)34-9-11-40-37(29-34)49-45(62-40)51-15-19-58-20-16-51/h8-11,28-29,32,43H,4-7,12-27,30-31H2,1-3H3,(H,47,55)(H,48,56)(H,50,54). The van der Waals surface area contributed by atoms with Gasteiger partial charge in [0.25, 0.3) is 6.01 Å². The number of benzene rings is 2. The molecule has 0 aliphatic carbocycles. The molecule has 0 spiro atoms. The molecule has 62 heavy (non-hydrogen) atoms. The third-order valence-corrected chi connectivity index (χ3v) is 11.1. The smallest absolute Gasteiger partial charge is 0.298 e. The summed E-state index contributed by atoms with van der Waals surface area (Å²) in [5.41, 5.74) is 5.96. The van der Waals surface area contributed by atoms with Gasteiger partial charge in [-0.1, -0.05) is 33.6 Å². The van der Waals surface area contributed by atoms with E-state index >= 15 is 0 Å². The van der Waals surface area contributed by atoms with E-state index in [2.05, 4.69) is 49.4 Å². The highest BCUT2D eigenvalue weighted by molar-refractivity contribution is 5.91. The molecule has 17 heteroatoms. The maximum absolute atomic E-state index is 14.5. The number of hydrogen-bond acceptors (Lipinski definition) is 12. The molecular weight excluding hydrogens is 802 g/mol. The minimum absolute atomic E-state index is 0.112. The van der Waals surface area contributed by atoms with Gasteiger partial charge in [0, 0.05) is 74.4 Å². The summed E-state index contributed by atoms with van der Waals surface area (Å²) >= 11 is 0. The lowest BCUT2D eigenvalue weighted by molar-refractivity contribution is -0.131. The summed E-state index contributed by atoms with van der Waals surface area (Å²) in [7, 11) is 0. The van der Waals surface area contributed by atoms with Gasteiger partial charge >= 0.3 is 0 Å². The summed E-state index contributed by atoms with van der Waals surface area (Å²) in [5.74, 6) is -1.25. The maximum Gasteiger partial charge on any atom is 0.298 e. The van der Waals surface area contributed by atoms with Crippen molar-refractivity contribution < 1.29 is 46.9 Å². The monoisotopic (exact) mass is 865 g/mol. The predicted molar refractivity (Wildman–Crippen MR) is 234 cm³/mol. The SMILES string of the molecule is CCCCCC(=O)NC(C(=O)NCC(=O)NCCOCCOCCOCCOCCn1c2c(c3ccc(F)cc31)CN(c1ccc3oc(N4CCOCC4)nc3c1)CC2)C(C)C. The first-order valence-corrected chi connectivity index (χ1v) is 22.1. The number of anilines is 2. The number of carbonyl (C=O) groups excluding carboxylic acids is 3. The van der Waals surface area contributed by atoms with E-state index in [9.17, 15) is 18.8 Å². The molecule has 16 nitrogen and oxygen atoms in total. The van der Waals surface area contributed by atoms with Crippen LogP contribution < -0.4 is 25.8 Å². The molecule has 4 aromatic rings. The highest BCUT2D eigenvalue weighted by atomic mass is 19.1. The molecule has 1 unspecified atom stereocenters. The number of nitrogens with zero attached hydrogens (tertiary/aromatic N) is 4. The molecule has 2 aromatic carbocycles. The van der Waals surface area contributed by atoms with Crippen LogP contribution >= 0.6 is 0 Å². The van der Waals surface area contributed by atoms with Crippen molar-refractivity contribution in [3.05, 3.63) is 53.5 Å². The Morgan fingerprint density at radius 3 is 2.29 bits per heavy atom. The molecule has 2 aliphatic heterocycles. The number of ether oxygens (including phenoxy) is 5. The number of fused-ring (bicyclic) bond motifs is 4. The first kappa shape index (κ1) is 46.7. The Morgan fingerprint density at radius 1 is 0.839 bits per heavy atom. The van der Waals surface area contributed by atoms with Crippen LogP contribution in [0.3, 0.4) is 0 Å². The van der Waals surface area contributed by atoms with Crippen molar-refractivity contribution in [3.8, 4) is 0 Å². The second-order valence-corrected chi connectivity index (χ2v) is 15.9. The molecule has 340 valence electrons. The number of carbonyl (C=O) groups is 3. The first-order chi connectivity index (χ1) is 30.2. The van der Waals surface area contributed by atoms with Gasteiger partial charge in [0.05, 0.1) is 78.1 Å². The van der Waals surface area contributed by atoms with E-state index in [0.29, 0.717) is 91.6 Å². The number of aromatic nitrogens is 2. The highest BCUT2D eigenvalue weighted by Gasteiger charge is 2.27. The Kier molecular flexibility index (Phi) is 18.2. The van der Waals surface area contributed by atoms with E-state index in [1.54, 1.807) is 6.07 Å². The van der Waals surface area contributed by atoms with Crippen molar-refractivity contribution in [2.45, 2.75) is 72.0 Å². The lowest BCUT2D eigenvalue weighted by atomic mass is 10.0. The summed E-state index contributed by atoms with van der Waals surface area (Å²) in [6, 6.07) is 11.1. The van der Waals surface area contributed by atoms with Gasteiger partial charge in [-0.25, -0.2) is 4.39 Å². The second kappa shape index (κ2) is 24.1. The van der Waals surface area contributed by atoms with Crippen LogP contribution in [0.1, 0.15) is 57.7 Å². The zero-order chi connectivity index (χ0) is 43.7. The third kappa shape index (κ3) is 13.3. The number of nitrogens with one attached hydrogen (secondary N) is 3. The average molecular weight is 866 g/mol. The summed E-state index contributed by atoms with van der Waals surface area (Å²) in [6.45, 7) is 14.0. The Labute approximate surface area is 363 Å². The van der Waals surface area contributed by atoms with E-state index in [-0.39, 0.29) is 42.5 Å². The van der Waals surface area contributed by atoms with Gasteiger partial charge in [-0.15, -0.1) is 0 Å². The minimum Gasteiger partial charge on any atom is -0.423 e. The third-order valence-electron chi connectivity index (χ3n) is 11.1. The number of rotatable bonds is 26. The lowest BCUT2D eigenvalue weighted by Gasteiger charge is -2.30. The van der Waals surface area contributed by atoms with Crippen LogP contribution in [0.5, 0.6) is 0 Å². The molecule has 6 rings (SSSR count). The van der Waals surface area contributed by atoms with Gasteiger partial charge in [0.15, 0.2) is 5.58 Å². The zero-order valence-corrected chi connectivity index (χ0v) is 36.5. The minimum atomic E-state index is -0.693. The van der Waals surface area contributed by atoms with Gasteiger partial charge in [-0.05, 0) is 48.7 Å². The largest absolute Gasteiger partial charge is 0.423 e. The Hall–Kier alpha value is -4.81. The number of oxazole rings is 1. The molecule has 1 atom stereocenters. The summed E-state index contributed by atoms with van der Waals surface area (Å²) < 4.78 is 51.0. The van der Waals surface area contributed by atoms with E-state index < -0.39 is 6.04 Å². The van der Waals surface area contributed by atoms with Crippen LogP contribution in [0.25, 0.3) is 22.0 Å². The van der Waals surface area contributed by atoms with Crippen molar-refractivity contribution in [1.82, 2.24) is 25.5 Å². The molecular formula is C45H64FN7O9. The van der Waals surface area contributed by atoms with E-state index in [4.69, 9.17) is 33.1 Å². The molecule has 0 bridgehead atoms. The molecule has 1 fully saturated rings. The first-order valence-electron chi connectivity index (χ1n) is 22.1. The molecule has 0 radical (unpaired) electrons. The summed E-state index contributed by atoms with van der Waals surface area (Å²) in [4.78, 5) is 46.2. The van der Waals surface area contributed by atoms with Crippen molar-refractivity contribution >= 4 is 51.4 Å². The molecule has 3 N–H and O–H groups in total. The Bertz CT molecular complexity index is 2050. The number of hydrogen-bond donors (Lipinski definition) is 3. The molecule has 2 aromatic heterocycles. The van der Waals surface area contributed by atoms with Crippen LogP contribution in [-0.2, 0) is 57.6 Å².